The van der Waals surface area contributed by atoms with Crippen LogP contribution in [0, 0.1) is 16.0 Å². The second-order valence-electron chi connectivity index (χ2n) is 4.87. The normalized spacial score (nSPS) is 14.1. The monoisotopic (exact) mass is 281 g/mol. The SMILES string of the molecule is CCc1nn(C)c(NCCNC(=O)C2CC2)c1[N+](=O)[O-]. The zero-order valence-electron chi connectivity index (χ0n) is 11.7. The van der Waals surface area contributed by atoms with Gasteiger partial charge >= 0.3 is 5.69 Å². The predicted octanol–water partition coefficient (Wildman–Crippen LogP) is 0.829. The van der Waals surface area contributed by atoms with E-state index in [9.17, 15) is 14.9 Å². The molecular weight excluding hydrogens is 262 g/mol. The lowest BCUT2D eigenvalue weighted by Crippen LogP contribution is -2.30. The molecule has 1 aromatic rings. The van der Waals surface area contributed by atoms with E-state index >= 15 is 0 Å². The number of rotatable bonds is 7. The number of nitrogens with zero attached hydrogens (tertiary/aromatic N) is 3. The average Bonchev–Trinajstić information content (AvgIpc) is 3.19. The van der Waals surface area contributed by atoms with Gasteiger partial charge in [-0.3, -0.25) is 14.9 Å². The van der Waals surface area contributed by atoms with E-state index in [2.05, 4.69) is 15.7 Å². The van der Waals surface area contributed by atoms with E-state index in [1.807, 2.05) is 6.92 Å². The van der Waals surface area contributed by atoms with E-state index < -0.39 is 4.92 Å². The molecule has 2 rings (SSSR count). The topological polar surface area (TPSA) is 102 Å². The second-order valence-corrected chi connectivity index (χ2v) is 4.87. The van der Waals surface area contributed by atoms with Crippen molar-refractivity contribution in [1.29, 1.82) is 0 Å². The Kier molecular flexibility index (Phi) is 4.21. The number of hydrogen-bond donors (Lipinski definition) is 2. The molecule has 20 heavy (non-hydrogen) atoms. The Bertz CT molecular complexity index is 521. The van der Waals surface area contributed by atoms with Crippen molar-refractivity contribution in [2.75, 3.05) is 18.4 Å². The first kappa shape index (κ1) is 14.3. The Morgan fingerprint density at radius 1 is 1.50 bits per heavy atom. The summed E-state index contributed by atoms with van der Waals surface area (Å²) in [6.07, 6.45) is 2.43. The van der Waals surface area contributed by atoms with Crippen molar-refractivity contribution < 1.29 is 9.72 Å². The van der Waals surface area contributed by atoms with Crippen LogP contribution < -0.4 is 10.6 Å². The zero-order chi connectivity index (χ0) is 14.7. The highest BCUT2D eigenvalue weighted by Gasteiger charge is 2.29. The first-order valence-electron chi connectivity index (χ1n) is 6.76. The van der Waals surface area contributed by atoms with Gasteiger partial charge < -0.3 is 10.6 Å². The number of nitrogens with one attached hydrogen (secondary N) is 2. The van der Waals surface area contributed by atoms with Gasteiger partial charge in [0.05, 0.1) is 4.92 Å². The number of amides is 1. The van der Waals surface area contributed by atoms with E-state index in [4.69, 9.17) is 0 Å². The molecule has 0 aromatic carbocycles. The minimum absolute atomic E-state index is 0.0171. The van der Waals surface area contributed by atoms with E-state index in [1.54, 1.807) is 7.05 Å². The van der Waals surface area contributed by atoms with Gasteiger partial charge in [-0.2, -0.15) is 5.10 Å². The van der Waals surface area contributed by atoms with Crippen molar-refractivity contribution in [2.45, 2.75) is 26.2 Å². The maximum Gasteiger partial charge on any atom is 0.333 e. The van der Waals surface area contributed by atoms with Crippen LogP contribution in [0.25, 0.3) is 0 Å². The molecule has 110 valence electrons. The zero-order valence-corrected chi connectivity index (χ0v) is 11.7. The lowest BCUT2D eigenvalue weighted by Gasteiger charge is -2.07. The van der Waals surface area contributed by atoms with Crippen LogP contribution in [0.1, 0.15) is 25.5 Å². The summed E-state index contributed by atoms with van der Waals surface area (Å²) in [7, 11) is 1.66. The van der Waals surface area contributed by atoms with Gasteiger partial charge in [0.2, 0.25) is 11.7 Å². The van der Waals surface area contributed by atoms with Gasteiger partial charge in [0.1, 0.15) is 5.69 Å². The first-order valence-corrected chi connectivity index (χ1v) is 6.76. The Morgan fingerprint density at radius 2 is 2.20 bits per heavy atom. The molecule has 0 radical (unpaired) electrons. The Balaban J connectivity index is 1.92. The summed E-state index contributed by atoms with van der Waals surface area (Å²) >= 11 is 0. The molecule has 1 aliphatic carbocycles. The van der Waals surface area contributed by atoms with Crippen LogP contribution in [0.15, 0.2) is 0 Å². The van der Waals surface area contributed by atoms with Crippen molar-refractivity contribution in [1.82, 2.24) is 15.1 Å². The number of carbonyl (C=O) groups excluding carboxylic acids is 1. The summed E-state index contributed by atoms with van der Waals surface area (Å²) in [4.78, 5) is 22.1. The third-order valence-corrected chi connectivity index (χ3v) is 3.27. The minimum atomic E-state index is -0.420. The largest absolute Gasteiger partial charge is 0.363 e. The summed E-state index contributed by atoms with van der Waals surface area (Å²) in [6.45, 7) is 2.70. The number of aromatic nitrogens is 2. The van der Waals surface area contributed by atoms with Crippen LogP contribution in [0.2, 0.25) is 0 Å². The summed E-state index contributed by atoms with van der Waals surface area (Å²) in [6, 6.07) is 0. The van der Waals surface area contributed by atoms with E-state index in [0.717, 1.165) is 12.8 Å². The lowest BCUT2D eigenvalue weighted by atomic mass is 10.3. The number of aryl methyl sites for hydroxylation is 2. The molecule has 0 aliphatic heterocycles. The fourth-order valence-electron chi connectivity index (χ4n) is 2.05. The van der Waals surface area contributed by atoms with E-state index in [1.165, 1.54) is 4.68 Å². The summed E-state index contributed by atoms with van der Waals surface area (Å²) < 4.78 is 1.47. The summed E-state index contributed by atoms with van der Waals surface area (Å²) in [5.41, 5.74) is 0.477. The molecule has 2 N–H and O–H groups in total. The smallest absolute Gasteiger partial charge is 0.333 e. The molecule has 8 nitrogen and oxygen atoms in total. The third-order valence-electron chi connectivity index (χ3n) is 3.27. The fourth-order valence-corrected chi connectivity index (χ4v) is 2.05. The predicted molar refractivity (Wildman–Crippen MR) is 73.5 cm³/mol. The Morgan fingerprint density at radius 3 is 2.75 bits per heavy atom. The quantitative estimate of drug-likeness (QED) is 0.438. The third kappa shape index (κ3) is 3.06. The number of carbonyl (C=O) groups is 1. The van der Waals surface area contributed by atoms with Crippen molar-refractivity contribution in [3.8, 4) is 0 Å². The molecule has 1 saturated carbocycles. The van der Waals surface area contributed by atoms with Gasteiger partial charge in [-0.15, -0.1) is 0 Å². The second kappa shape index (κ2) is 5.89. The van der Waals surface area contributed by atoms with Crippen LogP contribution in [0.4, 0.5) is 11.5 Å². The highest BCUT2D eigenvalue weighted by Crippen LogP contribution is 2.29. The van der Waals surface area contributed by atoms with Crippen molar-refractivity contribution in [3.05, 3.63) is 15.8 Å². The van der Waals surface area contributed by atoms with Gasteiger partial charge in [-0.05, 0) is 19.3 Å². The van der Waals surface area contributed by atoms with Gasteiger partial charge in [0, 0.05) is 26.1 Å². The maximum absolute atomic E-state index is 11.4. The summed E-state index contributed by atoms with van der Waals surface area (Å²) in [5, 5.41) is 21.0. The van der Waals surface area contributed by atoms with Gasteiger partial charge in [0.15, 0.2) is 0 Å². The van der Waals surface area contributed by atoms with Gasteiger partial charge in [-0.25, -0.2) is 4.68 Å². The van der Waals surface area contributed by atoms with Gasteiger partial charge in [0.25, 0.3) is 0 Å². The molecular formula is C12H19N5O3. The first-order chi connectivity index (χ1) is 9.54. The average molecular weight is 281 g/mol. The van der Waals surface area contributed by atoms with Crippen LogP contribution in [0.5, 0.6) is 0 Å². The number of nitro groups is 1. The molecule has 0 atom stereocenters. The molecule has 0 spiro atoms. The maximum atomic E-state index is 11.4. The van der Waals surface area contributed by atoms with Gasteiger partial charge in [-0.1, -0.05) is 6.92 Å². The van der Waals surface area contributed by atoms with Crippen molar-refractivity contribution >= 4 is 17.4 Å². The van der Waals surface area contributed by atoms with Crippen molar-refractivity contribution in [2.24, 2.45) is 13.0 Å². The van der Waals surface area contributed by atoms with Crippen LogP contribution in [-0.2, 0) is 18.3 Å². The highest BCUT2D eigenvalue weighted by molar-refractivity contribution is 5.80. The number of hydrogen-bond acceptors (Lipinski definition) is 5. The molecule has 0 unspecified atom stereocenters. The molecule has 8 heteroatoms. The minimum Gasteiger partial charge on any atom is -0.363 e. The Hall–Kier alpha value is -2.12. The standard InChI is InChI=1S/C12H19N5O3/c1-3-9-10(17(19)20)11(16(2)15-9)13-6-7-14-12(18)8-4-5-8/h8,13H,3-7H2,1-2H3,(H,14,18). The molecule has 1 fully saturated rings. The molecule has 1 heterocycles. The summed E-state index contributed by atoms with van der Waals surface area (Å²) in [5.74, 6) is 0.626. The highest BCUT2D eigenvalue weighted by atomic mass is 16.6. The number of anilines is 1. The van der Waals surface area contributed by atoms with E-state index in [0.29, 0.717) is 31.0 Å². The van der Waals surface area contributed by atoms with Crippen LogP contribution in [-0.4, -0.2) is 33.7 Å². The molecule has 0 bridgehead atoms. The molecule has 1 aromatic heterocycles. The van der Waals surface area contributed by atoms with Crippen molar-refractivity contribution in [3.63, 3.8) is 0 Å². The lowest BCUT2D eigenvalue weighted by molar-refractivity contribution is -0.384. The van der Waals surface area contributed by atoms with Crippen LogP contribution in [0.3, 0.4) is 0 Å². The van der Waals surface area contributed by atoms with Crippen LogP contribution >= 0.6 is 0 Å². The molecule has 1 amide bonds. The molecule has 0 saturated heterocycles. The fraction of sp³-hybridized carbons (Fsp3) is 0.667. The van der Waals surface area contributed by atoms with E-state index in [-0.39, 0.29) is 17.5 Å². The Labute approximate surface area is 116 Å². The molecule has 1 aliphatic rings.